The molecule has 8 heteroatoms. The molecule has 8 nitrogen and oxygen atoms in total. The van der Waals surface area contributed by atoms with Crippen LogP contribution in [-0.2, 0) is 18.9 Å². The van der Waals surface area contributed by atoms with Crippen molar-refractivity contribution in [1.82, 2.24) is 0 Å². The van der Waals surface area contributed by atoms with E-state index in [-0.39, 0.29) is 26.9 Å². The van der Waals surface area contributed by atoms with Crippen LogP contribution >= 0.6 is 0 Å². The van der Waals surface area contributed by atoms with Gasteiger partial charge >= 0.3 is 0 Å². The van der Waals surface area contributed by atoms with Gasteiger partial charge in [-0.25, -0.2) is 0 Å². The first-order valence-electron chi connectivity index (χ1n) is 5.36. The molecule has 0 aliphatic carbocycles. The molecule has 0 spiro atoms. The van der Waals surface area contributed by atoms with Gasteiger partial charge in [-0.15, -0.1) is 0 Å². The first-order chi connectivity index (χ1) is 8.24. The monoisotopic (exact) mass is 252 g/mol. The Morgan fingerprint density at radius 2 is 0.765 bits per heavy atom. The first kappa shape index (κ1) is 16.7. The van der Waals surface area contributed by atoms with E-state index in [0.29, 0.717) is 26.4 Å². The zero-order chi connectivity index (χ0) is 13.0. The molecule has 17 heavy (non-hydrogen) atoms. The average molecular weight is 252 g/mol. The van der Waals surface area contributed by atoms with Crippen LogP contribution in [0, 0.1) is 5.41 Å². The van der Waals surface area contributed by atoms with E-state index in [0.717, 1.165) is 0 Å². The molecule has 0 aromatic carbocycles. The third-order valence-corrected chi connectivity index (χ3v) is 2.10. The molecule has 0 aromatic heterocycles. The predicted octanol–water partition coefficient (Wildman–Crippen LogP) is -2.30. The van der Waals surface area contributed by atoms with Crippen LogP contribution in [-0.4, -0.2) is 53.4 Å². The highest BCUT2D eigenvalue weighted by atomic mass is 16.5. The van der Waals surface area contributed by atoms with E-state index in [1.807, 2.05) is 0 Å². The highest BCUT2D eigenvalue weighted by Gasteiger charge is 2.32. The van der Waals surface area contributed by atoms with E-state index in [9.17, 15) is 0 Å². The summed E-state index contributed by atoms with van der Waals surface area (Å²) in [5, 5.41) is 0. The normalized spacial score (nSPS) is 12.0. The van der Waals surface area contributed by atoms with Crippen LogP contribution in [0.15, 0.2) is 0 Å². The van der Waals surface area contributed by atoms with E-state index < -0.39 is 5.41 Å². The molecule has 0 unspecified atom stereocenters. The minimum Gasteiger partial charge on any atom is -0.366 e. The lowest BCUT2D eigenvalue weighted by molar-refractivity contribution is -0.104. The standard InChI is InChI=1S/C9H24N4O4/c10-5-14-1-9(2-15-6-11,3-16-7-12)4-17-8-13/h1-8,10-13H2. The molecule has 0 aliphatic heterocycles. The molecule has 0 amide bonds. The maximum absolute atomic E-state index is 5.30. The molecule has 0 heterocycles. The molecule has 0 rings (SSSR count). The largest absolute Gasteiger partial charge is 0.366 e. The van der Waals surface area contributed by atoms with Gasteiger partial charge in [0.15, 0.2) is 0 Å². The molecule has 0 aliphatic rings. The third kappa shape index (κ3) is 7.58. The SMILES string of the molecule is NCOCC(COCN)(COCN)COCN. The fourth-order valence-electron chi connectivity index (χ4n) is 1.35. The summed E-state index contributed by atoms with van der Waals surface area (Å²) in [4.78, 5) is 0. The van der Waals surface area contributed by atoms with Crippen molar-refractivity contribution in [3.8, 4) is 0 Å². The van der Waals surface area contributed by atoms with Crippen molar-refractivity contribution in [3.63, 3.8) is 0 Å². The van der Waals surface area contributed by atoms with Crippen molar-refractivity contribution in [2.24, 2.45) is 28.3 Å². The van der Waals surface area contributed by atoms with E-state index >= 15 is 0 Å². The van der Waals surface area contributed by atoms with Gasteiger partial charge in [0.1, 0.15) is 0 Å². The summed E-state index contributed by atoms with van der Waals surface area (Å²) >= 11 is 0. The zero-order valence-corrected chi connectivity index (χ0v) is 10.1. The molecule has 0 saturated carbocycles. The lowest BCUT2D eigenvalue weighted by atomic mass is 9.92. The highest BCUT2D eigenvalue weighted by molar-refractivity contribution is 4.79. The van der Waals surface area contributed by atoms with Crippen molar-refractivity contribution in [1.29, 1.82) is 0 Å². The van der Waals surface area contributed by atoms with Crippen molar-refractivity contribution in [2.75, 3.05) is 53.4 Å². The summed E-state index contributed by atoms with van der Waals surface area (Å²) in [5.41, 5.74) is 20.7. The molecular formula is C9H24N4O4. The van der Waals surface area contributed by atoms with E-state index in [1.54, 1.807) is 0 Å². The van der Waals surface area contributed by atoms with E-state index in [2.05, 4.69) is 0 Å². The predicted molar refractivity (Wildman–Crippen MR) is 62.5 cm³/mol. The van der Waals surface area contributed by atoms with Crippen LogP contribution < -0.4 is 22.9 Å². The van der Waals surface area contributed by atoms with Crippen LogP contribution in [0.2, 0.25) is 0 Å². The quantitative estimate of drug-likeness (QED) is 0.284. The van der Waals surface area contributed by atoms with Gasteiger partial charge in [-0.05, 0) is 0 Å². The molecule has 0 fully saturated rings. The van der Waals surface area contributed by atoms with Crippen LogP contribution in [0.5, 0.6) is 0 Å². The van der Waals surface area contributed by atoms with Gasteiger partial charge in [0, 0.05) is 0 Å². The van der Waals surface area contributed by atoms with Crippen LogP contribution in [0.1, 0.15) is 0 Å². The zero-order valence-electron chi connectivity index (χ0n) is 10.1. The maximum Gasteiger partial charge on any atom is 0.0940 e. The Hall–Kier alpha value is -0.320. The molecule has 104 valence electrons. The minimum absolute atomic E-state index is 0.107. The van der Waals surface area contributed by atoms with Gasteiger partial charge in [-0.2, -0.15) is 0 Å². The van der Waals surface area contributed by atoms with E-state index in [1.165, 1.54) is 0 Å². The Kier molecular flexibility index (Phi) is 10.6. The summed E-state index contributed by atoms with van der Waals surface area (Å²) in [7, 11) is 0. The second kappa shape index (κ2) is 10.8. The van der Waals surface area contributed by atoms with Crippen molar-refractivity contribution < 1.29 is 18.9 Å². The maximum atomic E-state index is 5.30. The van der Waals surface area contributed by atoms with Gasteiger partial charge in [-0.1, -0.05) is 0 Å². The van der Waals surface area contributed by atoms with Crippen LogP contribution in [0.25, 0.3) is 0 Å². The van der Waals surface area contributed by atoms with Crippen molar-refractivity contribution in [2.45, 2.75) is 0 Å². The Bertz CT molecular complexity index is 136. The first-order valence-corrected chi connectivity index (χ1v) is 5.36. The summed E-state index contributed by atoms with van der Waals surface area (Å²) in [6.07, 6.45) is 0. The summed E-state index contributed by atoms with van der Waals surface area (Å²) in [5.74, 6) is 0. The number of hydrogen-bond acceptors (Lipinski definition) is 8. The van der Waals surface area contributed by atoms with Gasteiger partial charge in [0.2, 0.25) is 0 Å². The second-order valence-electron chi connectivity index (χ2n) is 3.56. The van der Waals surface area contributed by atoms with Gasteiger partial charge in [0.25, 0.3) is 0 Å². The highest BCUT2D eigenvalue weighted by Crippen LogP contribution is 2.19. The lowest BCUT2D eigenvalue weighted by Crippen LogP contribution is -2.43. The van der Waals surface area contributed by atoms with Gasteiger partial charge < -0.3 is 41.9 Å². The van der Waals surface area contributed by atoms with Crippen molar-refractivity contribution in [3.05, 3.63) is 0 Å². The Balaban J connectivity index is 4.39. The summed E-state index contributed by atoms with van der Waals surface area (Å²) in [6, 6.07) is 0. The molecule has 0 aromatic rings. The summed E-state index contributed by atoms with van der Waals surface area (Å²) < 4.78 is 20.8. The fourth-order valence-corrected chi connectivity index (χ4v) is 1.35. The molecule has 0 bridgehead atoms. The molecule has 0 saturated heterocycles. The molecular weight excluding hydrogens is 228 g/mol. The minimum atomic E-state index is -0.503. The fraction of sp³-hybridized carbons (Fsp3) is 1.00. The topological polar surface area (TPSA) is 141 Å². The Morgan fingerprint density at radius 1 is 0.529 bits per heavy atom. The molecule has 8 N–H and O–H groups in total. The third-order valence-electron chi connectivity index (χ3n) is 2.10. The smallest absolute Gasteiger partial charge is 0.0940 e. The number of hydrogen-bond donors (Lipinski definition) is 4. The van der Waals surface area contributed by atoms with Gasteiger partial charge in [-0.3, -0.25) is 0 Å². The van der Waals surface area contributed by atoms with Crippen LogP contribution in [0.3, 0.4) is 0 Å². The van der Waals surface area contributed by atoms with Crippen LogP contribution in [0.4, 0.5) is 0 Å². The summed E-state index contributed by atoms with van der Waals surface area (Å²) in [6.45, 7) is 1.72. The van der Waals surface area contributed by atoms with E-state index in [4.69, 9.17) is 41.9 Å². The van der Waals surface area contributed by atoms with Gasteiger partial charge in [0.05, 0.1) is 58.8 Å². The second-order valence-corrected chi connectivity index (χ2v) is 3.56. The number of ether oxygens (including phenoxy) is 4. The van der Waals surface area contributed by atoms with Crippen molar-refractivity contribution >= 4 is 0 Å². The Morgan fingerprint density at radius 3 is 0.941 bits per heavy atom. The molecule has 0 atom stereocenters. The molecule has 0 radical (unpaired) electrons. The number of nitrogens with two attached hydrogens (primary N) is 4. The lowest BCUT2D eigenvalue weighted by Gasteiger charge is -2.32. The number of rotatable bonds is 12. The average Bonchev–Trinajstić information content (AvgIpc) is 2.37. The Labute approximate surface area is 101 Å².